The van der Waals surface area contributed by atoms with Crippen molar-refractivity contribution >= 4 is 0 Å². The van der Waals surface area contributed by atoms with Gasteiger partial charge in [0.2, 0.25) is 0 Å². The molecule has 3 saturated heterocycles. The highest BCUT2D eigenvalue weighted by molar-refractivity contribution is 5.21. The van der Waals surface area contributed by atoms with Crippen molar-refractivity contribution in [2.45, 2.75) is 96.1 Å². The molecule has 6 aliphatic rings. The van der Waals surface area contributed by atoms with E-state index in [4.69, 9.17) is 14.2 Å². The predicted molar refractivity (Wildman–Crippen MR) is 106 cm³/mol. The van der Waals surface area contributed by atoms with Crippen LogP contribution in [0.15, 0.2) is 0 Å². The van der Waals surface area contributed by atoms with Crippen molar-refractivity contribution in [1.82, 2.24) is 0 Å². The first-order valence-electron chi connectivity index (χ1n) is 11.4. The Hall–Kier alpha value is -0.240. The second-order valence-electron chi connectivity index (χ2n) is 11.8. The van der Waals surface area contributed by atoms with E-state index in [1.165, 1.54) is 0 Å². The van der Waals surface area contributed by atoms with Gasteiger partial charge in [-0.2, -0.15) is 0 Å². The van der Waals surface area contributed by atoms with Gasteiger partial charge in [-0.15, -0.1) is 0 Å². The lowest BCUT2D eigenvalue weighted by atomic mass is 9.39. The Morgan fingerprint density at radius 3 is 2.38 bits per heavy atom. The van der Waals surface area contributed by atoms with Gasteiger partial charge in [0, 0.05) is 17.8 Å². The SMILES string of the molecule is CC1(C)O[C@@H]2[C@@H]3C[C@H]([C@](C)(O)CO)CC[C@H]3[C@]34CO[C@H](C[C@H]3O)C(C)(C)[C@H]4[C@@H]2O1. The summed E-state index contributed by atoms with van der Waals surface area (Å²) >= 11 is 0. The van der Waals surface area contributed by atoms with E-state index < -0.39 is 17.5 Å². The molecule has 3 N–H and O–H groups in total. The second-order valence-corrected chi connectivity index (χ2v) is 11.8. The maximum Gasteiger partial charge on any atom is 0.163 e. The first kappa shape index (κ1) is 20.7. The van der Waals surface area contributed by atoms with Gasteiger partial charge >= 0.3 is 0 Å². The summed E-state index contributed by atoms with van der Waals surface area (Å²) in [6, 6.07) is 0. The van der Waals surface area contributed by atoms with E-state index in [1.807, 2.05) is 13.8 Å². The van der Waals surface area contributed by atoms with Gasteiger partial charge < -0.3 is 29.5 Å². The number of hydrogen-bond donors (Lipinski definition) is 3. The molecule has 166 valence electrons. The normalized spacial score (nSPS) is 54.2. The van der Waals surface area contributed by atoms with E-state index in [-0.39, 0.29) is 59.4 Å². The summed E-state index contributed by atoms with van der Waals surface area (Å²) in [5.41, 5.74) is -1.52. The predicted octanol–water partition coefficient (Wildman–Crippen LogP) is 2.09. The first-order valence-corrected chi connectivity index (χ1v) is 11.4. The maximum absolute atomic E-state index is 11.4. The largest absolute Gasteiger partial charge is 0.393 e. The molecule has 3 heterocycles. The van der Waals surface area contributed by atoms with Gasteiger partial charge in [0.25, 0.3) is 0 Å². The average Bonchev–Trinajstić information content (AvgIpc) is 2.97. The molecule has 3 aliphatic heterocycles. The third-order valence-corrected chi connectivity index (χ3v) is 9.51. The first-order chi connectivity index (χ1) is 13.4. The van der Waals surface area contributed by atoms with Crippen LogP contribution in [0.2, 0.25) is 0 Å². The van der Waals surface area contributed by atoms with E-state index in [9.17, 15) is 15.3 Å². The fourth-order valence-electron chi connectivity index (χ4n) is 8.19. The van der Waals surface area contributed by atoms with Crippen LogP contribution < -0.4 is 0 Å². The van der Waals surface area contributed by atoms with Crippen molar-refractivity contribution in [2.75, 3.05) is 13.2 Å². The summed E-state index contributed by atoms with van der Waals surface area (Å²) in [5, 5.41) is 31.9. The fourth-order valence-corrected chi connectivity index (χ4v) is 8.19. The number of rotatable bonds is 2. The molecule has 0 unspecified atom stereocenters. The Labute approximate surface area is 173 Å². The van der Waals surface area contributed by atoms with Gasteiger partial charge in [-0.05, 0) is 63.2 Å². The van der Waals surface area contributed by atoms with Crippen LogP contribution in [0.4, 0.5) is 0 Å². The standard InChI is InChI=1S/C23H38O6/c1-20(2)16-9-15(25)23(11-27-16)14-7-6-12(22(5,26)10-24)8-13(14)17-18(19(20)23)29-21(3,4)28-17/h12-19,24-26H,6-11H2,1-5H3/t12-,13-,14-,15-,16-,17-,18-,19-,22-,23-/m1/s1. The van der Waals surface area contributed by atoms with Crippen LogP contribution in [-0.4, -0.2) is 64.3 Å². The van der Waals surface area contributed by atoms with E-state index >= 15 is 0 Å². The van der Waals surface area contributed by atoms with Gasteiger partial charge in [-0.3, -0.25) is 0 Å². The van der Waals surface area contributed by atoms with Crippen molar-refractivity contribution in [3.8, 4) is 0 Å². The monoisotopic (exact) mass is 410 g/mol. The van der Waals surface area contributed by atoms with E-state index in [1.54, 1.807) is 6.92 Å². The van der Waals surface area contributed by atoms with Gasteiger partial charge in [0.15, 0.2) is 5.79 Å². The van der Waals surface area contributed by atoms with Crippen LogP contribution in [-0.2, 0) is 14.2 Å². The molecule has 6 heteroatoms. The molecule has 2 bridgehead atoms. The Balaban J connectivity index is 1.59. The molecule has 3 aliphatic carbocycles. The molecule has 3 saturated carbocycles. The average molecular weight is 411 g/mol. The minimum Gasteiger partial charge on any atom is -0.393 e. The summed E-state index contributed by atoms with van der Waals surface area (Å²) in [4.78, 5) is 0. The lowest BCUT2D eigenvalue weighted by molar-refractivity contribution is -0.332. The number of hydrogen-bond acceptors (Lipinski definition) is 6. The van der Waals surface area contributed by atoms with Crippen molar-refractivity contribution in [2.24, 2.45) is 34.5 Å². The third-order valence-electron chi connectivity index (χ3n) is 9.51. The van der Waals surface area contributed by atoms with Crippen LogP contribution in [0.25, 0.3) is 0 Å². The second kappa shape index (κ2) is 6.17. The van der Waals surface area contributed by atoms with Crippen molar-refractivity contribution in [3.63, 3.8) is 0 Å². The zero-order valence-corrected chi connectivity index (χ0v) is 18.4. The Bertz CT molecular complexity index is 674. The topological polar surface area (TPSA) is 88.4 Å². The zero-order valence-electron chi connectivity index (χ0n) is 18.4. The number of aliphatic hydroxyl groups is 3. The van der Waals surface area contributed by atoms with Crippen molar-refractivity contribution in [3.05, 3.63) is 0 Å². The van der Waals surface area contributed by atoms with E-state index in [2.05, 4.69) is 13.8 Å². The lowest BCUT2D eigenvalue weighted by Crippen LogP contribution is -2.75. The molecule has 0 amide bonds. The molecule has 6 nitrogen and oxygen atoms in total. The Kier molecular flexibility index (Phi) is 4.39. The molecule has 1 spiro atoms. The summed E-state index contributed by atoms with van der Waals surface area (Å²) in [5.74, 6) is -0.0108. The minimum absolute atomic E-state index is 0.0145. The lowest BCUT2D eigenvalue weighted by Gasteiger charge is -2.70. The zero-order chi connectivity index (χ0) is 21.0. The highest BCUT2D eigenvalue weighted by Gasteiger charge is 2.74. The molecule has 10 atom stereocenters. The van der Waals surface area contributed by atoms with Gasteiger partial charge in [-0.25, -0.2) is 0 Å². The number of fused-ring (bicyclic) bond motifs is 5. The fraction of sp³-hybridized carbons (Fsp3) is 1.00. The summed E-state index contributed by atoms with van der Waals surface area (Å²) < 4.78 is 19.4. The van der Waals surface area contributed by atoms with Gasteiger partial charge in [0.05, 0.1) is 43.2 Å². The van der Waals surface area contributed by atoms with Gasteiger partial charge in [-0.1, -0.05) is 13.8 Å². The summed E-state index contributed by atoms with van der Waals surface area (Å²) in [6.07, 6.45) is 2.75. The number of ether oxygens (including phenoxy) is 3. The molecule has 29 heavy (non-hydrogen) atoms. The highest BCUT2D eigenvalue weighted by atomic mass is 16.8. The van der Waals surface area contributed by atoms with Crippen LogP contribution in [0, 0.1) is 34.5 Å². The smallest absolute Gasteiger partial charge is 0.163 e. The summed E-state index contributed by atoms with van der Waals surface area (Å²) in [7, 11) is 0. The van der Waals surface area contributed by atoms with Crippen LogP contribution in [0.3, 0.4) is 0 Å². The quantitative estimate of drug-likeness (QED) is 0.646. The molecule has 0 aromatic rings. The third kappa shape index (κ3) is 2.63. The molecule has 0 aromatic heterocycles. The van der Waals surface area contributed by atoms with Crippen molar-refractivity contribution in [1.29, 1.82) is 0 Å². The summed E-state index contributed by atoms with van der Waals surface area (Å²) in [6.45, 7) is 10.6. The Morgan fingerprint density at radius 1 is 1.03 bits per heavy atom. The van der Waals surface area contributed by atoms with Gasteiger partial charge in [0.1, 0.15) is 0 Å². The van der Waals surface area contributed by atoms with Crippen LogP contribution >= 0.6 is 0 Å². The molecular weight excluding hydrogens is 372 g/mol. The Morgan fingerprint density at radius 2 is 1.72 bits per heavy atom. The van der Waals surface area contributed by atoms with Crippen molar-refractivity contribution < 1.29 is 29.5 Å². The van der Waals surface area contributed by atoms with Crippen LogP contribution in [0.1, 0.15) is 60.3 Å². The molecule has 0 aromatic carbocycles. The van der Waals surface area contributed by atoms with Crippen LogP contribution in [0.5, 0.6) is 0 Å². The molecule has 0 radical (unpaired) electrons. The van der Waals surface area contributed by atoms with E-state index in [0.29, 0.717) is 13.0 Å². The molecular formula is C23H38O6. The molecule has 6 fully saturated rings. The highest BCUT2D eigenvalue weighted by Crippen LogP contribution is 2.69. The molecule has 6 rings (SSSR count). The number of aliphatic hydroxyl groups excluding tert-OH is 2. The van der Waals surface area contributed by atoms with E-state index in [0.717, 1.165) is 19.3 Å². The maximum atomic E-state index is 11.4. The minimum atomic E-state index is -1.09.